The minimum Gasteiger partial charge on any atom is -0.500 e. The summed E-state index contributed by atoms with van der Waals surface area (Å²) in [6, 6.07) is 3.99. The Hall–Kier alpha value is -3.09. The van der Waals surface area contributed by atoms with Gasteiger partial charge in [0, 0.05) is 17.5 Å². The molecular weight excluding hydrogens is 336 g/mol. The maximum atomic E-state index is 11.9. The van der Waals surface area contributed by atoms with Gasteiger partial charge in [-0.3, -0.25) is 14.9 Å². The topological polar surface area (TPSA) is 105 Å². The highest BCUT2D eigenvalue weighted by atomic mass is 16.6. The van der Waals surface area contributed by atoms with E-state index in [1.54, 1.807) is 0 Å². The van der Waals surface area contributed by atoms with Crippen LogP contribution in [0, 0.1) is 10.1 Å². The molecule has 0 unspecified atom stereocenters. The van der Waals surface area contributed by atoms with E-state index in [0.717, 1.165) is 18.4 Å². The van der Waals surface area contributed by atoms with E-state index in [0.29, 0.717) is 5.39 Å². The van der Waals surface area contributed by atoms with Crippen molar-refractivity contribution in [2.45, 2.75) is 33.6 Å². The third kappa shape index (κ3) is 4.72. The second-order valence-corrected chi connectivity index (χ2v) is 6.30. The van der Waals surface area contributed by atoms with Crippen molar-refractivity contribution < 1.29 is 14.8 Å². The first-order chi connectivity index (χ1) is 12.3. The van der Waals surface area contributed by atoms with Crippen LogP contribution in [0.25, 0.3) is 10.9 Å². The molecule has 138 valence electrons. The molecule has 0 spiro atoms. The van der Waals surface area contributed by atoms with Gasteiger partial charge in [0.1, 0.15) is 6.61 Å². The smallest absolute Gasteiger partial charge is 0.294 e. The summed E-state index contributed by atoms with van der Waals surface area (Å²) in [6.07, 6.45) is 5.87. The fraction of sp³-hybridized carbons (Fsp3) is 0.316. The first-order valence-corrected chi connectivity index (χ1v) is 8.24. The van der Waals surface area contributed by atoms with Crippen LogP contribution in [-0.4, -0.2) is 21.6 Å². The van der Waals surface area contributed by atoms with Crippen molar-refractivity contribution in [3.05, 3.63) is 62.0 Å². The highest BCUT2D eigenvalue weighted by molar-refractivity contribution is 5.88. The number of ether oxygens (including phenoxy) is 1. The fourth-order valence-corrected chi connectivity index (χ4v) is 2.46. The van der Waals surface area contributed by atoms with Gasteiger partial charge in [-0.05, 0) is 45.8 Å². The van der Waals surface area contributed by atoms with E-state index in [1.807, 2.05) is 26.8 Å². The zero-order chi connectivity index (χ0) is 19.3. The Morgan fingerprint density at radius 2 is 2.04 bits per heavy atom. The number of fused-ring (bicyclic) bond motifs is 1. The lowest BCUT2D eigenvalue weighted by Gasteiger charge is -2.10. The van der Waals surface area contributed by atoms with Gasteiger partial charge in [-0.2, -0.15) is 0 Å². The predicted molar refractivity (Wildman–Crippen MR) is 101 cm³/mol. The van der Waals surface area contributed by atoms with E-state index < -0.39 is 16.2 Å². The van der Waals surface area contributed by atoms with Gasteiger partial charge in [0.05, 0.1) is 10.4 Å². The van der Waals surface area contributed by atoms with Crippen molar-refractivity contribution >= 4 is 16.6 Å². The number of nitrogens with zero attached hydrogens (tertiary/aromatic N) is 1. The monoisotopic (exact) mass is 358 g/mol. The minimum absolute atomic E-state index is 0.0204. The normalized spacial score (nSPS) is 11.4. The van der Waals surface area contributed by atoms with Crippen LogP contribution in [0.4, 0.5) is 5.69 Å². The summed E-state index contributed by atoms with van der Waals surface area (Å²) in [6.45, 7) is 6.27. The average molecular weight is 358 g/mol. The van der Waals surface area contributed by atoms with Crippen LogP contribution in [0.5, 0.6) is 11.5 Å². The van der Waals surface area contributed by atoms with Crippen LogP contribution in [-0.2, 0) is 0 Å². The number of H-pyrrole nitrogens is 1. The number of aromatic amines is 1. The Balaban J connectivity index is 2.23. The third-order valence-corrected chi connectivity index (χ3v) is 3.89. The van der Waals surface area contributed by atoms with Gasteiger partial charge in [-0.1, -0.05) is 17.2 Å². The zero-order valence-electron chi connectivity index (χ0n) is 15.0. The first-order valence-electron chi connectivity index (χ1n) is 8.24. The van der Waals surface area contributed by atoms with Crippen LogP contribution in [0.3, 0.4) is 0 Å². The van der Waals surface area contributed by atoms with E-state index in [-0.39, 0.29) is 23.6 Å². The van der Waals surface area contributed by atoms with Crippen molar-refractivity contribution in [3.63, 3.8) is 0 Å². The molecular formula is C19H22N2O5. The summed E-state index contributed by atoms with van der Waals surface area (Å²) in [5.41, 5.74) is 1.73. The molecule has 7 nitrogen and oxygen atoms in total. The van der Waals surface area contributed by atoms with E-state index >= 15 is 0 Å². The molecule has 0 saturated carbocycles. The summed E-state index contributed by atoms with van der Waals surface area (Å²) in [7, 11) is 0. The Morgan fingerprint density at radius 3 is 2.69 bits per heavy atom. The third-order valence-electron chi connectivity index (χ3n) is 3.89. The first kappa shape index (κ1) is 19.2. The Bertz CT molecular complexity index is 937. The van der Waals surface area contributed by atoms with Crippen molar-refractivity contribution in [1.82, 2.24) is 4.98 Å². The maximum Gasteiger partial charge on any atom is 0.294 e. The molecule has 2 aromatic rings. The number of pyridine rings is 1. The standard InChI is InChI=1S/C19H22N2O5/c1-12(2)5-4-6-13(3)9-10-26-18-15-8-7-14(21(24)25)11-16(15)20-19(23)17(18)22/h5,7-9,11,22H,4,6,10H2,1-3H3,(H,20,23)/b13-9+. The molecule has 0 fully saturated rings. The number of non-ortho nitro benzene ring substituents is 1. The number of nitro groups is 1. The fourth-order valence-electron chi connectivity index (χ4n) is 2.46. The van der Waals surface area contributed by atoms with Crippen LogP contribution in [0.15, 0.2) is 46.3 Å². The maximum absolute atomic E-state index is 11.9. The molecule has 2 N–H and O–H groups in total. The Kier molecular flexibility index (Phi) is 6.16. The minimum atomic E-state index is -0.753. The largest absolute Gasteiger partial charge is 0.500 e. The van der Waals surface area contributed by atoms with E-state index in [1.165, 1.54) is 23.8 Å². The van der Waals surface area contributed by atoms with E-state index in [4.69, 9.17) is 4.74 Å². The van der Waals surface area contributed by atoms with E-state index in [2.05, 4.69) is 11.1 Å². The number of nitro benzene ring substituents is 1. The number of rotatable bonds is 7. The predicted octanol–water partition coefficient (Wildman–Crippen LogP) is 4.21. The van der Waals surface area contributed by atoms with Crippen molar-refractivity contribution in [1.29, 1.82) is 0 Å². The Labute approximate surface area is 150 Å². The highest BCUT2D eigenvalue weighted by Gasteiger charge is 2.15. The van der Waals surface area contributed by atoms with Gasteiger partial charge >= 0.3 is 0 Å². The van der Waals surface area contributed by atoms with Gasteiger partial charge in [0.25, 0.3) is 11.2 Å². The average Bonchev–Trinajstić information content (AvgIpc) is 2.57. The van der Waals surface area contributed by atoms with Crippen LogP contribution < -0.4 is 10.3 Å². The molecule has 0 aliphatic rings. The SMILES string of the molecule is CC(C)=CCC/C(C)=C/COc1c(O)c(=O)[nH]c2cc([N+](=O)[O-])ccc12. The molecule has 2 rings (SSSR count). The van der Waals surface area contributed by atoms with Crippen molar-refractivity contribution in [3.8, 4) is 11.5 Å². The molecule has 7 heteroatoms. The summed E-state index contributed by atoms with van der Waals surface area (Å²) in [5, 5.41) is 21.3. The molecule has 1 aromatic carbocycles. The number of nitrogens with one attached hydrogen (secondary N) is 1. The lowest BCUT2D eigenvalue weighted by Crippen LogP contribution is -2.08. The number of allylic oxidation sites excluding steroid dienone is 3. The molecule has 0 aliphatic carbocycles. The second-order valence-electron chi connectivity index (χ2n) is 6.30. The second kappa shape index (κ2) is 8.33. The zero-order valence-corrected chi connectivity index (χ0v) is 15.0. The lowest BCUT2D eigenvalue weighted by atomic mass is 10.1. The van der Waals surface area contributed by atoms with Crippen LogP contribution in [0.1, 0.15) is 33.6 Å². The van der Waals surface area contributed by atoms with E-state index in [9.17, 15) is 20.0 Å². The van der Waals surface area contributed by atoms with Gasteiger partial charge in [-0.25, -0.2) is 0 Å². The molecule has 0 aliphatic heterocycles. The summed E-state index contributed by atoms with van der Waals surface area (Å²) in [4.78, 5) is 24.6. The number of hydrogen-bond acceptors (Lipinski definition) is 5. The van der Waals surface area contributed by atoms with Crippen LogP contribution in [0.2, 0.25) is 0 Å². The molecule has 0 bridgehead atoms. The number of aromatic hydroxyl groups is 1. The summed E-state index contributed by atoms with van der Waals surface area (Å²) >= 11 is 0. The van der Waals surface area contributed by atoms with Gasteiger partial charge in [0.15, 0.2) is 5.75 Å². The lowest BCUT2D eigenvalue weighted by molar-refractivity contribution is -0.384. The van der Waals surface area contributed by atoms with Crippen molar-refractivity contribution in [2.75, 3.05) is 6.61 Å². The van der Waals surface area contributed by atoms with Gasteiger partial charge in [0.2, 0.25) is 5.75 Å². The number of benzene rings is 1. The van der Waals surface area contributed by atoms with Gasteiger partial charge < -0.3 is 14.8 Å². The van der Waals surface area contributed by atoms with Crippen LogP contribution >= 0.6 is 0 Å². The number of aromatic nitrogens is 1. The molecule has 26 heavy (non-hydrogen) atoms. The highest BCUT2D eigenvalue weighted by Crippen LogP contribution is 2.32. The molecule has 0 amide bonds. The summed E-state index contributed by atoms with van der Waals surface area (Å²) in [5.74, 6) is -0.519. The molecule has 0 saturated heterocycles. The van der Waals surface area contributed by atoms with Crippen molar-refractivity contribution in [2.24, 2.45) is 0 Å². The molecule has 0 atom stereocenters. The van der Waals surface area contributed by atoms with Gasteiger partial charge in [-0.15, -0.1) is 0 Å². The molecule has 1 aromatic heterocycles. The molecule has 1 heterocycles. The summed E-state index contributed by atoms with van der Waals surface area (Å²) < 4.78 is 5.60. The molecule has 0 radical (unpaired) electrons. The Morgan fingerprint density at radius 1 is 1.31 bits per heavy atom. The number of hydrogen-bond donors (Lipinski definition) is 2. The quantitative estimate of drug-likeness (QED) is 0.438.